The maximum Gasteiger partial charge on any atom is 0.405 e. The Morgan fingerprint density at radius 3 is 2.65 bits per heavy atom. The fourth-order valence-corrected chi connectivity index (χ4v) is 3.44. The summed E-state index contributed by atoms with van der Waals surface area (Å²) in [5, 5.41) is 25.3. The largest absolute Gasteiger partial charge is 0.507 e. The molecule has 0 fully saturated rings. The molecule has 0 aliphatic rings. The number of benzene rings is 2. The van der Waals surface area contributed by atoms with Crippen molar-refractivity contribution in [3.63, 3.8) is 0 Å². The molecule has 1 atom stereocenters. The molecule has 3 aromatic rings. The second-order valence-electron chi connectivity index (χ2n) is 6.87. The van der Waals surface area contributed by atoms with Crippen LogP contribution >= 0.6 is 11.6 Å². The molecule has 0 spiro atoms. The Morgan fingerprint density at radius 2 is 2.00 bits per heavy atom. The Bertz CT molecular complexity index is 1110. The molecule has 0 saturated carbocycles. The van der Waals surface area contributed by atoms with E-state index in [1.807, 2.05) is 6.92 Å². The predicted molar refractivity (Wildman–Crippen MR) is 119 cm³/mol. The minimum Gasteiger partial charge on any atom is -0.507 e. The first-order valence-corrected chi connectivity index (χ1v) is 9.90. The van der Waals surface area contributed by atoms with Gasteiger partial charge in [0, 0.05) is 33.1 Å². The quantitative estimate of drug-likeness (QED) is 0.301. The van der Waals surface area contributed by atoms with Crippen LogP contribution in [0.15, 0.2) is 48.5 Å². The number of carboxylic acid groups (broad SMARTS) is 1. The van der Waals surface area contributed by atoms with Crippen molar-refractivity contribution in [2.24, 2.45) is 0 Å². The molecule has 0 aliphatic heterocycles. The van der Waals surface area contributed by atoms with Gasteiger partial charge in [-0.15, -0.1) is 0 Å². The number of anilines is 3. The molecule has 0 saturated heterocycles. The number of aromatic hydroxyl groups is 1. The van der Waals surface area contributed by atoms with E-state index in [-0.39, 0.29) is 11.6 Å². The standard InChI is InChI=1S/C22H22ClFN4O3/c1-2-17(28-22(30)31)15-5-7-19(27-21(15)25)16-10-14(4-8-20(16)29)26-18-6-3-13(23)9-12(18)11-24/h3-10,17,26,28-29H,2,11H2,1H3,(H2,25,27)(H,30,31). The summed E-state index contributed by atoms with van der Waals surface area (Å²) in [7, 11) is 0. The average Bonchev–Trinajstić information content (AvgIpc) is 2.74. The number of rotatable bonds is 7. The number of phenolic OH excluding ortho intramolecular Hbond substituents is 1. The van der Waals surface area contributed by atoms with Crippen LogP contribution in [0.5, 0.6) is 5.75 Å². The zero-order valence-electron chi connectivity index (χ0n) is 16.7. The predicted octanol–water partition coefficient (Wildman–Crippen LogP) is 5.62. The lowest BCUT2D eigenvalue weighted by Gasteiger charge is -2.18. The van der Waals surface area contributed by atoms with Crippen LogP contribution in [0.25, 0.3) is 11.3 Å². The Balaban J connectivity index is 1.93. The SMILES string of the molecule is CCC(NC(=O)O)c1ccc(-c2cc(Nc3ccc(Cl)cc3CF)ccc2O)nc1N. The molecule has 162 valence electrons. The molecule has 3 rings (SSSR count). The van der Waals surface area contributed by atoms with E-state index in [0.717, 1.165) is 0 Å². The van der Waals surface area contributed by atoms with Crippen molar-refractivity contribution in [2.75, 3.05) is 11.1 Å². The van der Waals surface area contributed by atoms with E-state index in [1.165, 1.54) is 6.07 Å². The van der Waals surface area contributed by atoms with Gasteiger partial charge in [0.25, 0.3) is 0 Å². The minimum absolute atomic E-state index is 0.0114. The highest BCUT2D eigenvalue weighted by molar-refractivity contribution is 6.30. The molecule has 7 nitrogen and oxygen atoms in total. The van der Waals surface area contributed by atoms with Crippen molar-refractivity contribution >= 4 is 34.9 Å². The molecular weight excluding hydrogens is 423 g/mol. The molecule has 1 aromatic heterocycles. The first-order chi connectivity index (χ1) is 14.8. The Labute approximate surface area is 183 Å². The van der Waals surface area contributed by atoms with E-state index in [1.54, 1.807) is 42.5 Å². The molecule has 1 unspecified atom stereocenters. The van der Waals surface area contributed by atoms with Crippen molar-refractivity contribution in [1.29, 1.82) is 0 Å². The van der Waals surface area contributed by atoms with Crippen LogP contribution in [0.3, 0.4) is 0 Å². The number of halogens is 2. The number of nitrogens with zero attached hydrogens (tertiary/aromatic N) is 1. The van der Waals surface area contributed by atoms with Crippen molar-refractivity contribution in [3.8, 4) is 17.0 Å². The number of carbonyl (C=O) groups is 1. The zero-order chi connectivity index (χ0) is 22.5. The van der Waals surface area contributed by atoms with Crippen LogP contribution in [0.4, 0.5) is 26.4 Å². The van der Waals surface area contributed by atoms with Crippen molar-refractivity contribution in [1.82, 2.24) is 10.3 Å². The van der Waals surface area contributed by atoms with Crippen LogP contribution in [0, 0.1) is 0 Å². The molecule has 0 bridgehead atoms. The van der Waals surface area contributed by atoms with E-state index in [0.29, 0.717) is 45.2 Å². The van der Waals surface area contributed by atoms with Crippen molar-refractivity contribution < 1.29 is 19.4 Å². The Hall–Kier alpha value is -3.52. The maximum absolute atomic E-state index is 13.3. The summed E-state index contributed by atoms with van der Waals surface area (Å²) in [6.07, 6.45) is -0.651. The van der Waals surface area contributed by atoms with Gasteiger partial charge in [-0.3, -0.25) is 0 Å². The van der Waals surface area contributed by atoms with Gasteiger partial charge in [-0.05, 0) is 48.9 Å². The number of nitrogens with one attached hydrogen (secondary N) is 2. The van der Waals surface area contributed by atoms with Gasteiger partial charge >= 0.3 is 6.09 Å². The van der Waals surface area contributed by atoms with E-state index in [2.05, 4.69) is 15.6 Å². The van der Waals surface area contributed by atoms with Gasteiger partial charge in [-0.25, -0.2) is 14.2 Å². The first kappa shape index (κ1) is 22.2. The normalized spacial score (nSPS) is 11.7. The second-order valence-corrected chi connectivity index (χ2v) is 7.31. The van der Waals surface area contributed by atoms with Crippen LogP contribution in [0.2, 0.25) is 5.02 Å². The van der Waals surface area contributed by atoms with Gasteiger partial charge in [0.2, 0.25) is 0 Å². The summed E-state index contributed by atoms with van der Waals surface area (Å²) in [4.78, 5) is 15.3. The van der Waals surface area contributed by atoms with Gasteiger partial charge in [0.05, 0.1) is 11.7 Å². The third-order valence-corrected chi connectivity index (χ3v) is 5.04. The zero-order valence-corrected chi connectivity index (χ0v) is 17.4. The van der Waals surface area contributed by atoms with E-state index < -0.39 is 18.8 Å². The lowest BCUT2D eigenvalue weighted by atomic mass is 10.0. The van der Waals surface area contributed by atoms with Crippen LogP contribution in [-0.2, 0) is 6.67 Å². The molecule has 0 aliphatic carbocycles. The summed E-state index contributed by atoms with van der Waals surface area (Å²) in [5.41, 5.74) is 9.02. The third kappa shape index (κ3) is 5.16. The number of hydrogen-bond acceptors (Lipinski definition) is 5. The van der Waals surface area contributed by atoms with Gasteiger partial charge < -0.3 is 26.6 Å². The van der Waals surface area contributed by atoms with Gasteiger partial charge in [0.1, 0.15) is 18.2 Å². The van der Waals surface area contributed by atoms with Gasteiger partial charge in [-0.2, -0.15) is 0 Å². The van der Waals surface area contributed by atoms with E-state index in [4.69, 9.17) is 22.4 Å². The topological polar surface area (TPSA) is 120 Å². The molecular formula is C22H22ClFN4O3. The fraction of sp³-hybridized carbons (Fsp3) is 0.182. The molecule has 6 N–H and O–H groups in total. The van der Waals surface area contributed by atoms with Gasteiger partial charge in [-0.1, -0.05) is 24.6 Å². The second kappa shape index (κ2) is 9.53. The average molecular weight is 445 g/mol. The number of amides is 1. The van der Waals surface area contributed by atoms with E-state index in [9.17, 15) is 14.3 Å². The highest BCUT2D eigenvalue weighted by atomic mass is 35.5. The number of nitrogens with two attached hydrogens (primary N) is 1. The molecule has 0 radical (unpaired) electrons. The number of hydrogen-bond donors (Lipinski definition) is 5. The highest BCUT2D eigenvalue weighted by Gasteiger charge is 2.17. The minimum atomic E-state index is -1.15. The maximum atomic E-state index is 13.3. The van der Waals surface area contributed by atoms with Crippen molar-refractivity contribution in [3.05, 3.63) is 64.7 Å². The number of phenols is 1. The summed E-state index contributed by atoms with van der Waals surface area (Å²) in [5.74, 6) is 0.149. The number of aromatic nitrogens is 1. The Kier molecular flexibility index (Phi) is 6.81. The van der Waals surface area contributed by atoms with Gasteiger partial charge in [0.15, 0.2) is 0 Å². The molecule has 2 aromatic carbocycles. The highest BCUT2D eigenvalue weighted by Crippen LogP contribution is 2.34. The number of nitrogen functional groups attached to an aromatic ring is 1. The van der Waals surface area contributed by atoms with Crippen molar-refractivity contribution in [2.45, 2.75) is 26.1 Å². The van der Waals surface area contributed by atoms with Crippen LogP contribution < -0.4 is 16.4 Å². The van der Waals surface area contributed by atoms with E-state index >= 15 is 0 Å². The molecule has 9 heteroatoms. The lowest BCUT2D eigenvalue weighted by Crippen LogP contribution is -2.27. The Morgan fingerprint density at radius 1 is 1.23 bits per heavy atom. The monoisotopic (exact) mass is 444 g/mol. The first-order valence-electron chi connectivity index (χ1n) is 9.53. The molecule has 1 heterocycles. The summed E-state index contributed by atoms with van der Waals surface area (Å²) in [6, 6.07) is 12.5. The number of pyridine rings is 1. The molecule has 31 heavy (non-hydrogen) atoms. The lowest BCUT2D eigenvalue weighted by molar-refractivity contribution is 0.189. The summed E-state index contributed by atoms with van der Waals surface area (Å²) in [6.45, 7) is 1.15. The van der Waals surface area contributed by atoms with Crippen LogP contribution in [0.1, 0.15) is 30.5 Å². The summed E-state index contributed by atoms with van der Waals surface area (Å²) >= 11 is 5.93. The van der Waals surface area contributed by atoms with Crippen LogP contribution in [-0.4, -0.2) is 21.3 Å². The number of alkyl halides is 1. The molecule has 1 amide bonds. The fourth-order valence-electron chi connectivity index (χ4n) is 3.25. The third-order valence-electron chi connectivity index (χ3n) is 4.80. The smallest absolute Gasteiger partial charge is 0.405 e. The summed E-state index contributed by atoms with van der Waals surface area (Å²) < 4.78 is 13.3.